The molecule has 0 heterocycles. The van der Waals surface area contributed by atoms with Gasteiger partial charge in [-0.05, 0) is 19.1 Å². The van der Waals surface area contributed by atoms with Gasteiger partial charge in [0.1, 0.15) is 10.6 Å². The van der Waals surface area contributed by atoms with Gasteiger partial charge in [-0.1, -0.05) is 6.07 Å². The lowest BCUT2D eigenvalue weighted by molar-refractivity contribution is -0.386. The van der Waals surface area contributed by atoms with Gasteiger partial charge in [0.2, 0.25) is 0 Å². The molecular formula is C9H12N2O4S. The number of hydrogen-bond acceptors (Lipinski definition) is 5. The number of nitro benzene ring substituents is 1. The highest BCUT2D eigenvalue weighted by Crippen LogP contribution is 2.31. The van der Waals surface area contributed by atoms with Crippen molar-refractivity contribution < 1.29 is 13.3 Å². The molecule has 1 N–H and O–H groups in total. The van der Waals surface area contributed by atoms with Crippen LogP contribution in [0.25, 0.3) is 0 Å². The first kappa shape index (κ1) is 12.4. The Hall–Kier alpha value is -1.63. The van der Waals surface area contributed by atoms with Gasteiger partial charge in [-0.25, -0.2) is 8.42 Å². The fourth-order valence-electron chi connectivity index (χ4n) is 1.34. The van der Waals surface area contributed by atoms with Crippen LogP contribution in [-0.4, -0.2) is 26.1 Å². The second kappa shape index (κ2) is 4.48. The molecule has 0 fully saturated rings. The summed E-state index contributed by atoms with van der Waals surface area (Å²) in [6.45, 7) is 2.25. The lowest BCUT2D eigenvalue weighted by atomic mass is 10.2. The van der Waals surface area contributed by atoms with E-state index in [9.17, 15) is 18.5 Å². The van der Waals surface area contributed by atoms with Crippen molar-refractivity contribution in [2.75, 3.05) is 18.1 Å². The maximum Gasteiger partial charge on any atom is 0.310 e. The molecule has 7 heteroatoms. The summed E-state index contributed by atoms with van der Waals surface area (Å²) in [5.74, 6) is 0. The third-order valence-corrected chi connectivity index (χ3v) is 3.08. The molecule has 0 aliphatic rings. The molecule has 0 aliphatic heterocycles. The van der Waals surface area contributed by atoms with Crippen LogP contribution in [0, 0.1) is 10.1 Å². The zero-order chi connectivity index (χ0) is 12.3. The minimum atomic E-state index is -3.60. The van der Waals surface area contributed by atoms with Gasteiger partial charge in [0.05, 0.1) is 4.92 Å². The largest absolute Gasteiger partial charge is 0.380 e. The normalized spacial score (nSPS) is 11.1. The number of nitrogens with one attached hydrogen (secondary N) is 1. The molecule has 88 valence electrons. The summed E-state index contributed by atoms with van der Waals surface area (Å²) >= 11 is 0. The molecule has 1 rings (SSSR count). The molecule has 0 saturated heterocycles. The first-order valence-electron chi connectivity index (χ1n) is 4.59. The Morgan fingerprint density at radius 2 is 2.06 bits per heavy atom. The van der Waals surface area contributed by atoms with E-state index in [1.54, 1.807) is 6.92 Å². The van der Waals surface area contributed by atoms with Crippen molar-refractivity contribution >= 4 is 21.2 Å². The number of sulfone groups is 1. The van der Waals surface area contributed by atoms with E-state index in [2.05, 4.69) is 5.32 Å². The van der Waals surface area contributed by atoms with Gasteiger partial charge in [0, 0.05) is 12.8 Å². The average Bonchev–Trinajstić information content (AvgIpc) is 2.16. The van der Waals surface area contributed by atoms with Crippen LogP contribution in [0.1, 0.15) is 6.92 Å². The lowest BCUT2D eigenvalue weighted by Gasteiger charge is -2.07. The fraction of sp³-hybridized carbons (Fsp3) is 0.333. The molecule has 0 amide bonds. The highest BCUT2D eigenvalue weighted by atomic mass is 32.2. The van der Waals surface area contributed by atoms with E-state index in [1.165, 1.54) is 18.2 Å². The lowest BCUT2D eigenvalue weighted by Crippen LogP contribution is -2.07. The summed E-state index contributed by atoms with van der Waals surface area (Å²) < 4.78 is 22.8. The molecule has 0 atom stereocenters. The van der Waals surface area contributed by atoms with Crippen molar-refractivity contribution in [1.29, 1.82) is 0 Å². The minimum absolute atomic E-state index is 0.218. The average molecular weight is 244 g/mol. The van der Waals surface area contributed by atoms with Gasteiger partial charge < -0.3 is 5.32 Å². The van der Waals surface area contributed by atoms with Crippen molar-refractivity contribution in [3.8, 4) is 0 Å². The smallest absolute Gasteiger partial charge is 0.310 e. The number of hydrogen-bond donors (Lipinski definition) is 1. The van der Waals surface area contributed by atoms with E-state index in [0.29, 0.717) is 6.54 Å². The molecular weight excluding hydrogens is 232 g/mol. The molecule has 0 radical (unpaired) electrons. The van der Waals surface area contributed by atoms with Crippen molar-refractivity contribution in [2.24, 2.45) is 0 Å². The van der Waals surface area contributed by atoms with Crippen molar-refractivity contribution in [1.82, 2.24) is 0 Å². The van der Waals surface area contributed by atoms with Gasteiger partial charge in [0.25, 0.3) is 0 Å². The van der Waals surface area contributed by atoms with Gasteiger partial charge >= 0.3 is 5.69 Å². The number of para-hydroxylation sites is 1. The van der Waals surface area contributed by atoms with E-state index in [-0.39, 0.29) is 10.6 Å². The second-order valence-corrected chi connectivity index (χ2v) is 5.20. The summed E-state index contributed by atoms with van der Waals surface area (Å²) in [5.41, 5.74) is -0.178. The summed E-state index contributed by atoms with van der Waals surface area (Å²) in [4.78, 5) is 9.91. The summed E-state index contributed by atoms with van der Waals surface area (Å²) in [7, 11) is -3.60. The third kappa shape index (κ3) is 2.48. The highest BCUT2D eigenvalue weighted by Gasteiger charge is 2.25. The van der Waals surface area contributed by atoms with Crippen LogP contribution in [0.2, 0.25) is 0 Å². The SMILES string of the molecule is CCNc1cccc(S(C)(=O)=O)c1[N+](=O)[O-]. The standard InChI is InChI=1S/C9H12N2O4S/c1-3-10-7-5-4-6-8(16(2,14)15)9(7)11(12)13/h4-6,10H,3H2,1-2H3. The first-order valence-corrected chi connectivity index (χ1v) is 6.48. The molecule has 0 saturated carbocycles. The van der Waals surface area contributed by atoms with Crippen LogP contribution in [0.15, 0.2) is 23.1 Å². The highest BCUT2D eigenvalue weighted by molar-refractivity contribution is 7.90. The second-order valence-electron chi connectivity index (χ2n) is 3.21. The Balaban J connectivity index is 3.51. The van der Waals surface area contributed by atoms with Gasteiger partial charge in [-0.3, -0.25) is 10.1 Å². The van der Waals surface area contributed by atoms with E-state index in [4.69, 9.17) is 0 Å². The number of benzene rings is 1. The molecule has 16 heavy (non-hydrogen) atoms. The van der Waals surface area contributed by atoms with Crippen LogP contribution < -0.4 is 5.32 Å². The summed E-state index contributed by atoms with van der Waals surface area (Å²) in [5, 5.41) is 13.6. The first-order chi connectivity index (χ1) is 7.38. The predicted octanol–water partition coefficient (Wildman–Crippen LogP) is 1.43. The Morgan fingerprint density at radius 1 is 1.44 bits per heavy atom. The Bertz CT molecular complexity index is 510. The zero-order valence-electron chi connectivity index (χ0n) is 8.93. The van der Waals surface area contributed by atoms with E-state index in [0.717, 1.165) is 6.26 Å². The van der Waals surface area contributed by atoms with Crippen molar-refractivity contribution in [3.63, 3.8) is 0 Å². The number of anilines is 1. The molecule has 1 aromatic rings. The van der Waals surface area contributed by atoms with Crippen LogP contribution in [0.3, 0.4) is 0 Å². The van der Waals surface area contributed by atoms with E-state index in [1.807, 2.05) is 0 Å². The maximum absolute atomic E-state index is 11.4. The molecule has 6 nitrogen and oxygen atoms in total. The predicted molar refractivity (Wildman–Crippen MR) is 60.4 cm³/mol. The van der Waals surface area contributed by atoms with Crippen LogP contribution in [0.5, 0.6) is 0 Å². The fourth-order valence-corrected chi connectivity index (χ4v) is 2.20. The maximum atomic E-state index is 11.4. The van der Waals surface area contributed by atoms with Crippen molar-refractivity contribution in [2.45, 2.75) is 11.8 Å². The van der Waals surface area contributed by atoms with Gasteiger partial charge in [-0.2, -0.15) is 0 Å². The topological polar surface area (TPSA) is 89.3 Å². The summed E-state index contributed by atoms with van der Waals surface area (Å²) in [6, 6.07) is 4.19. The van der Waals surface area contributed by atoms with E-state index >= 15 is 0 Å². The molecule has 0 unspecified atom stereocenters. The molecule has 0 aromatic heterocycles. The monoisotopic (exact) mass is 244 g/mol. The molecule has 0 bridgehead atoms. The third-order valence-electron chi connectivity index (χ3n) is 1.95. The minimum Gasteiger partial charge on any atom is -0.380 e. The number of nitrogens with zero attached hydrogens (tertiary/aromatic N) is 1. The summed E-state index contributed by atoms with van der Waals surface area (Å²) in [6.07, 6.45) is 0.949. The molecule has 1 aromatic carbocycles. The number of rotatable bonds is 4. The molecule has 0 spiro atoms. The quantitative estimate of drug-likeness (QED) is 0.639. The Kier molecular flexibility index (Phi) is 3.48. The Morgan fingerprint density at radius 3 is 2.50 bits per heavy atom. The zero-order valence-corrected chi connectivity index (χ0v) is 9.74. The Labute approximate surface area is 93.4 Å². The van der Waals surface area contributed by atoms with Gasteiger partial charge in [-0.15, -0.1) is 0 Å². The van der Waals surface area contributed by atoms with Crippen LogP contribution in [0.4, 0.5) is 11.4 Å². The molecule has 0 aliphatic carbocycles. The van der Waals surface area contributed by atoms with Crippen LogP contribution in [-0.2, 0) is 9.84 Å². The van der Waals surface area contributed by atoms with Gasteiger partial charge in [0.15, 0.2) is 9.84 Å². The van der Waals surface area contributed by atoms with Crippen LogP contribution >= 0.6 is 0 Å². The van der Waals surface area contributed by atoms with E-state index < -0.39 is 20.4 Å². The van der Waals surface area contributed by atoms with Crippen molar-refractivity contribution in [3.05, 3.63) is 28.3 Å². The number of nitro groups is 1.